The number of ketones is 1. The molecule has 0 aromatic rings. The molecule has 0 spiro atoms. The molecule has 0 amide bonds. The van der Waals surface area contributed by atoms with Crippen molar-refractivity contribution in [2.45, 2.75) is 130 Å². The Morgan fingerprint density at radius 1 is 0.700 bits per heavy atom. The highest BCUT2D eigenvalue weighted by Gasteiger charge is 2.37. The number of carbonyl (C=O) groups is 2. The molecule has 5 heteroatoms. The molecule has 0 heterocycles. The molecule has 0 aliphatic heterocycles. The van der Waals surface area contributed by atoms with Gasteiger partial charge in [0.05, 0.1) is 41.3 Å². The molecule has 0 N–H and O–H groups in total. The van der Waals surface area contributed by atoms with Gasteiger partial charge in [-0.1, -0.05) is 66.2 Å². The summed E-state index contributed by atoms with van der Waals surface area (Å²) in [6.07, 6.45) is 18.4. The molecule has 0 unspecified atom stereocenters. The van der Waals surface area contributed by atoms with Crippen molar-refractivity contribution in [3.63, 3.8) is 0 Å². The number of rotatable bonds is 18. The van der Waals surface area contributed by atoms with Crippen LogP contribution >= 0.6 is 0 Å². The van der Waals surface area contributed by atoms with Gasteiger partial charge in [-0.2, -0.15) is 0 Å². The molecule has 0 aromatic heterocycles. The molecule has 2 saturated carbocycles. The highest BCUT2D eigenvalue weighted by molar-refractivity contribution is 5.82. The number of esters is 1. The molecule has 2 fully saturated rings. The predicted molar refractivity (Wildman–Crippen MR) is 168 cm³/mol. The molecule has 2 aliphatic rings. The van der Waals surface area contributed by atoms with Gasteiger partial charge in [-0.25, -0.2) is 4.79 Å². The van der Waals surface area contributed by atoms with Crippen molar-refractivity contribution in [3.05, 3.63) is 0 Å². The lowest BCUT2D eigenvalue weighted by atomic mass is 9.68. The third-order valence-corrected chi connectivity index (χ3v) is 10.0. The van der Waals surface area contributed by atoms with E-state index in [0.717, 1.165) is 41.3 Å². The van der Waals surface area contributed by atoms with Crippen LogP contribution in [-0.4, -0.2) is 81.2 Å². The van der Waals surface area contributed by atoms with Crippen LogP contribution < -0.4 is 0 Å². The maximum atomic E-state index is 13.3. The standard InChI is InChI=1S/C35H68N2O3/c1-28(2)32-21-20-30(4)25-33(32)34(38)26-36(5,6)22-15-13-11-9-10-12-14-16-23-37(7,8)27-35(39)40-31-19-17-18-29(3)24-31/h28-33H,9-27H2,1-8H3/q+2/t29-,30+,31+,32+,33-/m1/s1. The van der Waals surface area contributed by atoms with Gasteiger partial charge in [0.1, 0.15) is 12.6 Å². The first-order valence-electron chi connectivity index (χ1n) is 17.1. The van der Waals surface area contributed by atoms with Gasteiger partial charge in [0, 0.05) is 5.92 Å². The average molecular weight is 565 g/mol. The summed E-state index contributed by atoms with van der Waals surface area (Å²) in [5.74, 6) is 3.37. The van der Waals surface area contributed by atoms with Crippen LogP contribution in [0.15, 0.2) is 0 Å². The van der Waals surface area contributed by atoms with E-state index in [4.69, 9.17) is 4.74 Å². The molecular weight excluding hydrogens is 496 g/mol. The van der Waals surface area contributed by atoms with Crippen molar-refractivity contribution >= 4 is 11.8 Å². The zero-order chi connectivity index (χ0) is 29.8. The van der Waals surface area contributed by atoms with Gasteiger partial charge in [0.25, 0.3) is 0 Å². The number of hydrogen-bond donors (Lipinski definition) is 0. The minimum Gasteiger partial charge on any atom is -0.458 e. The van der Waals surface area contributed by atoms with Gasteiger partial charge < -0.3 is 13.7 Å². The van der Waals surface area contributed by atoms with Crippen LogP contribution in [0.4, 0.5) is 0 Å². The predicted octanol–water partition coefficient (Wildman–Crippen LogP) is 7.66. The van der Waals surface area contributed by atoms with E-state index in [1.165, 1.54) is 77.0 Å². The maximum Gasteiger partial charge on any atom is 0.362 e. The highest BCUT2D eigenvalue weighted by atomic mass is 16.5. The Kier molecular flexibility index (Phi) is 15.2. The van der Waals surface area contributed by atoms with Crippen LogP contribution in [0.5, 0.6) is 0 Å². The molecule has 0 bridgehead atoms. The second kappa shape index (κ2) is 17.2. The van der Waals surface area contributed by atoms with Crippen LogP contribution in [0.25, 0.3) is 0 Å². The van der Waals surface area contributed by atoms with Gasteiger partial charge in [-0.05, 0) is 81.5 Å². The monoisotopic (exact) mass is 565 g/mol. The Bertz CT molecular complexity index is 747. The van der Waals surface area contributed by atoms with Crippen LogP contribution in [0, 0.1) is 29.6 Å². The number of hydrogen-bond acceptors (Lipinski definition) is 3. The molecule has 2 rings (SSSR count). The van der Waals surface area contributed by atoms with E-state index in [1.807, 2.05) is 0 Å². The Morgan fingerprint density at radius 2 is 1.23 bits per heavy atom. The van der Waals surface area contributed by atoms with Gasteiger partial charge in [-0.15, -0.1) is 0 Å². The Morgan fingerprint density at radius 3 is 1.77 bits per heavy atom. The molecular formula is C35H68N2O3+2. The van der Waals surface area contributed by atoms with Crippen molar-refractivity contribution < 1.29 is 23.3 Å². The van der Waals surface area contributed by atoms with E-state index in [-0.39, 0.29) is 18.0 Å². The van der Waals surface area contributed by atoms with E-state index in [9.17, 15) is 9.59 Å². The van der Waals surface area contributed by atoms with E-state index in [2.05, 4.69) is 55.9 Å². The summed E-state index contributed by atoms with van der Waals surface area (Å²) in [5, 5.41) is 0. The largest absolute Gasteiger partial charge is 0.458 e. The topological polar surface area (TPSA) is 43.4 Å². The molecule has 40 heavy (non-hydrogen) atoms. The number of likely N-dealkylation sites (N-methyl/N-ethyl adjacent to an activating group) is 2. The smallest absolute Gasteiger partial charge is 0.362 e. The van der Waals surface area contributed by atoms with Crippen molar-refractivity contribution in [1.82, 2.24) is 0 Å². The summed E-state index contributed by atoms with van der Waals surface area (Å²) < 4.78 is 7.38. The molecule has 5 atom stereocenters. The summed E-state index contributed by atoms with van der Waals surface area (Å²) >= 11 is 0. The van der Waals surface area contributed by atoms with Crippen molar-refractivity contribution in [2.75, 3.05) is 54.4 Å². The molecule has 0 aromatic carbocycles. The van der Waals surface area contributed by atoms with Gasteiger partial charge in [0.15, 0.2) is 12.3 Å². The summed E-state index contributed by atoms with van der Waals surface area (Å²) in [6, 6.07) is 0. The molecule has 0 saturated heterocycles. The zero-order valence-electron chi connectivity index (χ0n) is 28.0. The number of unbranched alkanes of at least 4 members (excludes halogenated alkanes) is 7. The molecule has 2 aliphatic carbocycles. The van der Waals surface area contributed by atoms with Crippen LogP contribution in [0.1, 0.15) is 124 Å². The van der Waals surface area contributed by atoms with Crippen LogP contribution in [-0.2, 0) is 14.3 Å². The van der Waals surface area contributed by atoms with Gasteiger partial charge in [0.2, 0.25) is 0 Å². The molecule has 5 nitrogen and oxygen atoms in total. The summed E-state index contributed by atoms with van der Waals surface area (Å²) in [6.45, 7) is 12.5. The fraction of sp³-hybridized carbons (Fsp3) is 0.943. The molecule has 234 valence electrons. The van der Waals surface area contributed by atoms with Crippen molar-refractivity contribution in [3.8, 4) is 0 Å². The van der Waals surface area contributed by atoms with Gasteiger partial charge in [-0.3, -0.25) is 4.79 Å². The SMILES string of the molecule is CC(C)[C@@H]1CC[C@H](C)C[C@H]1C(=O)C[N+](C)(C)CCCCCCCCCC[N+](C)(C)CC(=O)O[C@H]1CCC[C@@H](C)C1. The molecule has 0 radical (unpaired) electrons. The number of Topliss-reactive ketones (excluding diaryl/α,β-unsaturated/α-hetero) is 1. The average Bonchev–Trinajstić information content (AvgIpc) is 2.84. The van der Waals surface area contributed by atoms with Crippen LogP contribution in [0.3, 0.4) is 0 Å². The second-order valence-corrected chi connectivity index (χ2v) is 15.7. The fourth-order valence-electron chi connectivity index (χ4n) is 7.47. The zero-order valence-corrected chi connectivity index (χ0v) is 28.0. The lowest BCUT2D eigenvalue weighted by Gasteiger charge is -2.38. The summed E-state index contributed by atoms with van der Waals surface area (Å²) in [7, 11) is 8.84. The number of quaternary nitrogens is 2. The van der Waals surface area contributed by atoms with Crippen LogP contribution in [0.2, 0.25) is 0 Å². The highest BCUT2D eigenvalue weighted by Crippen LogP contribution is 2.38. The second-order valence-electron chi connectivity index (χ2n) is 15.7. The summed E-state index contributed by atoms with van der Waals surface area (Å²) in [5.41, 5.74) is 0. The first-order valence-corrected chi connectivity index (χ1v) is 17.1. The number of nitrogens with zero attached hydrogens (tertiary/aromatic N) is 2. The minimum atomic E-state index is -0.0152. The Balaban J connectivity index is 1.51. The van der Waals surface area contributed by atoms with E-state index >= 15 is 0 Å². The lowest BCUT2D eigenvalue weighted by molar-refractivity contribution is -0.883. The quantitative estimate of drug-likeness (QED) is 0.0975. The number of ether oxygens (including phenoxy) is 1. The first kappa shape index (κ1) is 35.3. The first-order chi connectivity index (χ1) is 18.8. The third kappa shape index (κ3) is 13.8. The maximum absolute atomic E-state index is 13.3. The normalized spacial score (nSPS) is 26.2. The van der Waals surface area contributed by atoms with E-state index in [1.54, 1.807) is 0 Å². The van der Waals surface area contributed by atoms with E-state index in [0.29, 0.717) is 42.5 Å². The minimum absolute atomic E-state index is 0.0152. The fourth-order valence-corrected chi connectivity index (χ4v) is 7.47. The summed E-state index contributed by atoms with van der Waals surface area (Å²) in [4.78, 5) is 25.8. The third-order valence-electron chi connectivity index (χ3n) is 10.0. The van der Waals surface area contributed by atoms with Gasteiger partial charge >= 0.3 is 5.97 Å². The van der Waals surface area contributed by atoms with E-state index < -0.39 is 0 Å². The van der Waals surface area contributed by atoms with Crippen molar-refractivity contribution in [1.29, 1.82) is 0 Å². The Labute approximate surface area is 249 Å². The Hall–Kier alpha value is -0.940. The van der Waals surface area contributed by atoms with Crippen molar-refractivity contribution in [2.24, 2.45) is 29.6 Å². The number of carbonyl (C=O) groups excluding carboxylic acids is 2. The lowest BCUT2D eigenvalue weighted by Crippen LogP contribution is -2.48.